The van der Waals surface area contributed by atoms with Crippen LogP contribution in [-0.2, 0) is 9.47 Å². The first-order valence-corrected chi connectivity index (χ1v) is 7.10. The monoisotopic (exact) mass is 256 g/mol. The molecule has 1 fully saturated rings. The van der Waals surface area contributed by atoms with E-state index in [9.17, 15) is 5.11 Å². The molecular weight excluding hydrogens is 228 g/mol. The van der Waals surface area contributed by atoms with E-state index in [-0.39, 0.29) is 12.2 Å². The standard InChI is InChI=1S/C15H28O3/c1-5-7-11(2)14(17-4)10-12(3)15-13(16)8-6-9-18-15/h11,13-16H,3,5-10H2,1-2,4H3/t11-,13+,14-,15-/m0/s1. The summed E-state index contributed by atoms with van der Waals surface area (Å²) in [5.41, 5.74) is 0.969. The normalized spacial score (nSPS) is 27.8. The summed E-state index contributed by atoms with van der Waals surface area (Å²) in [6.45, 7) is 9.22. The van der Waals surface area contributed by atoms with Crippen LogP contribution in [0.15, 0.2) is 12.2 Å². The van der Waals surface area contributed by atoms with Gasteiger partial charge in [-0.15, -0.1) is 0 Å². The number of hydrogen-bond acceptors (Lipinski definition) is 3. The van der Waals surface area contributed by atoms with Gasteiger partial charge in [-0.25, -0.2) is 0 Å². The Bertz CT molecular complexity index is 252. The Balaban J connectivity index is 2.50. The van der Waals surface area contributed by atoms with Crippen LogP contribution < -0.4 is 0 Å². The van der Waals surface area contributed by atoms with Gasteiger partial charge in [0.1, 0.15) is 6.10 Å². The van der Waals surface area contributed by atoms with Crippen molar-refractivity contribution in [3.63, 3.8) is 0 Å². The maximum absolute atomic E-state index is 9.94. The van der Waals surface area contributed by atoms with Crippen LogP contribution in [0.4, 0.5) is 0 Å². The Labute approximate surface area is 111 Å². The largest absolute Gasteiger partial charge is 0.390 e. The third-order valence-corrected chi connectivity index (χ3v) is 3.84. The number of hydrogen-bond donors (Lipinski definition) is 1. The molecule has 0 spiro atoms. The second-order valence-electron chi connectivity index (χ2n) is 5.40. The molecule has 0 aromatic carbocycles. The van der Waals surface area contributed by atoms with Gasteiger partial charge < -0.3 is 14.6 Å². The quantitative estimate of drug-likeness (QED) is 0.712. The van der Waals surface area contributed by atoms with Gasteiger partial charge in [0.25, 0.3) is 0 Å². The molecule has 0 unspecified atom stereocenters. The zero-order valence-corrected chi connectivity index (χ0v) is 12.0. The van der Waals surface area contributed by atoms with Gasteiger partial charge in [0, 0.05) is 13.7 Å². The molecule has 4 atom stereocenters. The highest BCUT2D eigenvalue weighted by molar-refractivity contribution is 5.08. The van der Waals surface area contributed by atoms with Crippen LogP contribution in [-0.4, -0.2) is 37.1 Å². The summed E-state index contributed by atoms with van der Waals surface area (Å²) in [5, 5.41) is 9.94. The van der Waals surface area contributed by atoms with Gasteiger partial charge >= 0.3 is 0 Å². The summed E-state index contributed by atoms with van der Waals surface area (Å²) in [7, 11) is 1.75. The Hall–Kier alpha value is -0.380. The second-order valence-corrected chi connectivity index (χ2v) is 5.40. The lowest BCUT2D eigenvalue weighted by molar-refractivity contribution is -0.0592. The zero-order valence-electron chi connectivity index (χ0n) is 12.0. The highest BCUT2D eigenvalue weighted by atomic mass is 16.5. The van der Waals surface area contributed by atoms with Crippen molar-refractivity contribution >= 4 is 0 Å². The van der Waals surface area contributed by atoms with Gasteiger partial charge in [-0.1, -0.05) is 26.8 Å². The minimum Gasteiger partial charge on any atom is -0.390 e. The Morgan fingerprint density at radius 2 is 2.28 bits per heavy atom. The topological polar surface area (TPSA) is 38.7 Å². The predicted molar refractivity (Wildman–Crippen MR) is 73.6 cm³/mol. The molecule has 1 aliphatic heterocycles. The molecule has 1 heterocycles. The number of aliphatic hydroxyl groups excluding tert-OH is 1. The zero-order chi connectivity index (χ0) is 13.5. The Kier molecular flexibility index (Phi) is 6.90. The molecule has 1 N–H and O–H groups in total. The molecule has 0 aromatic heterocycles. The van der Waals surface area contributed by atoms with E-state index in [4.69, 9.17) is 9.47 Å². The molecule has 18 heavy (non-hydrogen) atoms. The summed E-state index contributed by atoms with van der Waals surface area (Å²) in [6, 6.07) is 0. The minimum atomic E-state index is -0.398. The van der Waals surface area contributed by atoms with Crippen molar-refractivity contribution < 1.29 is 14.6 Å². The predicted octanol–water partition coefficient (Wildman–Crippen LogP) is 2.92. The van der Waals surface area contributed by atoms with Crippen molar-refractivity contribution in [2.24, 2.45) is 5.92 Å². The molecule has 1 aliphatic rings. The van der Waals surface area contributed by atoms with Crippen LogP contribution in [0, 0.1) is 5.92 Å². The van der Waals surface area contributed by atoms with Crippen LogP contribution in [0.1, 0.15) is 46.0 Å². The van der Waals surface area contributed by atoms with Crippen molar-refractivity contribution in [2.75, 3.05) is 13.7 Å². The van der Waals surface area contributed by atoms with E-state index in [1.54, 1.807) is 7.11 Å². The minimum absolute atomic E-state index is 0.176. The van der Waals surface area contributed by atoms with Crippen LogP contribution in [0.2, 0.25) is 0 Å². The van der Waals surface area contributed by atoms with E-state index >= 15 is 0 Å². The van der Waals surface area contributed by atoms with Gasteiger partial charge in [0.2, 0.25) is 0 Å². The van der Waals surface area contributed by atoms with E-state index in [2.05, 4.69) is 20.4 Å². The molecule has 1 saturated heterocycles. The van der Waals surface area contributed by atoms with Crippen LogP contribution in [0.3, 0.4) is 0 Å². The molecular formula is C15H28O3. The van der Waals surface area contributed by atoms with E-state index in [1.807, 2.05) is 0 Å². The van der Waals surface area contributed by atoms with E-state index in [0.717, 1.165) is 44.3 Å². The summed E-state index contributed by atoms with van der Waals surface area (Å²) in [4.78, 5) is 0. The maximum Gasteiger partial charge on any atom is 0.104 e. The van der Waals surface area contributed by atoms with Crippen LogP contribution in [0.25, 0.3) is 0 Å². The molecule has 0 aliphatic carbocycles. The van der Waals surface area contributed by atoms with Gasteiger partial charge in [-0.3, -0.25) is 0 Å². The van der Waals surface area contributed by atoms with E-state index < -0.39 is 6.10 Å². The van der Waals surface area contributed by atoms with E-state index in [0.29, 0.717) is 5.92 Å². The van der Waals surface area contributed by atoms with Gasteiger partial charge in [-0.2, -0.15) is 0 Å². The van der Waals surface area contributed by atoms with Crippen molar-refractivity contribution in [2.45, 2.75) is 64.3 Å². The third-order valence-electron chi connectivity index (χ3n) is 3.84. The molecule has 0 radical (unpaired) electrons. The van der Waals surface area contributed by atoms with Crippen molar-refractivity contribution in [3.8, 4) is 0 Å². The Morgan fingerprint density at radius 3 is 2.83 bits per heavy atom. The fourth-order valence-electron chi connectivity index (χ4n) is 2.69. The number of ether oxygens (including phenoxy) is 2. The molecule has 3 nitrogen and oxygen atoms in total. The fraction of sp³-hybridized carbons (Fsp3) is 0.867. The lowest BCUT2D eigenvalue weighted by atomic mass is 9.90. The second kappa shape index (κ2) is 7.93. The lowest BCUT2D eigenvalue weighted by Gasteiger charge is -2.32. The number of methoxy groups -OCH3 is 1. The van der Waals surface area contributed by atoms with Gasteiger partial charge in [0.05, 0.1) is 12.2 Å². The molecule has 0 saturated carbocycles. The van der Waals surface area contributed by atoms with Crippen molar-refractivity contribution in [1.29, 1.82) is 0 Å². The molecule has 0 aromatic rings. The van der Waals surface area contributed by atoms with E-state index in [1.165, 1.54) is 0 Å². The lowest BCUT2D eigenvalue weighted by Crippen LogP contribution is -2.37. The number of aliphatic hydroxyl groups is 1. The average Bonchev–Trinajstić information content (AvgIpc) is 2.36. The van der Waals surface area contributed by atoms with Crippen LogP contribution in [0.5, 0.6) is 0 Å². The summed E-state index contributed by atoms with van der Waals surface area (Å²) in [6.07, 6.45) is 4.41. The fourth-order valence-corrected chi connectivity index (χ4v) is 2.69. The first-order valence-electron chi connectivity index (χ1n) is 7.10. The van der Waals surface area contributed by atoms with Gasteiger partial charge in [0.15, 0.2) is 0 Å². The SMILES string of the molecule is C=C(C[C@H](OC)[C@@H](C)CCC)[C@@H]1OCCC[C@H]1O. The van der Waals surface area contributed by atoms with Crippen LogP contribution >= 0.6 is 0 Å². The molecule has 106 valence electrons. The number of rotatable bonds is 7. The maximum atomic E-state index is 9.94. The van der Waals surface area contributed by atoms with Crippen molar-refractivity contribution in [1.82, 2.24) is 0 Å². The summed E-state index contributed by atoms with van der Waals surface area (Å²) >= 11 is 0. The third kappa shape index (κ3) is 4.38. The first kappa shape index (κ1) is 15.7. The summed E-state index contributed by atoms with van der Waals surface area (Å²) in [5.74, 6) is 0.512. The first-order chi connectivity index (χ1) is 8.60. The smallest absolute Gasteiger partial charge is 0.104 e. The average molecular weight is 256 g/mol. The molecule has 0 amide bonds. The summed E-state index contributed by atoms with van der Waals surface area (Å²) < 4.78 is 11.2. The van der Waals surface area contributed by atoms with Gasteiger partial charge in [-0.05, 0) is 37.2 Å². The Morgan fingerprint density at radius 1 is 1.56 bits per heavy atom. The molecule has 3 heteroatoms. The highest BCUT2D eigenvalue weighted by Gasteiger charge is 2.28. The highest BCUT2D eigenvalue weighted by Crippen LogP contribution is 2.26. The van der Waals surface area contributed by atoms with Crippen molar-refractivity contribution in [3.05, 3.63) is 12.2 Å². The molecule has 1 rings (SSSR count). The molecule has 0 bridgehead atoms.